The van der Waals surface area contributed by atoms with E-state index in [2.05, 4.69) is 20.8 Å². The second kappa shape index (κ2) is 9.00. The fraction of sp³-hybridized carbons (Fsp3) is 0.227. The van der Waals surface area contributed by atoms with Crippen LogP contribution in [-0.4, -0.2) is 27.8 Å². The van der Waals surface area contributed by atoms with Crippen LogP contribution in [0.4, 0.5) is 10.5 Å². The number of hydrogen-bond donors (Lipinski definition) is 3. The second-order valence-electron chi connectivity index (χ2n) is 7.68. The normalized spacial score (nSPS) is 12.1. The summed E-state index contributed by atoms with van der Waals surface area (Å²) in [5, 5.41) is 12.7. The minimum Gasteiger partial charge on any atom is -0.444 e. The summed E-state index contributed by atoms with van der Waals surface area (Å²) in [6.45, 7) is 5.27. The van der Waals surface area contributed by atoms with E-state index >= 15 is 0 Å². The Morgan fingerprint density at radius 2 is 1.70 bits per heavy atom. The Kier molecular flexibility index (Phi) is 6.42. The van der Waals surface area contributed by atoms with E-state index in [1.54, 1.807) is 69.6 Å². The first-order valence-electron chi connectivity index (χ1n) is 9.36. The van der Waals surface area contributed by atoms with Crippen LogP contribution in [0.25, 0.3) is 11.1 Å². The quantitative estimate of drug-likeness (QED) is 0.538. The number of carbonyl (C=O) groups is 2. The molecule has 2 amide bonds. The van der Waals surface area contributed by atoms with E-state index in [1.165, 1.54) is 0 Å². The van der Waals surface area contributed by atoms with Crippen LogP contribution < -0.4 is 10.6 Å². The highest BCUT2D eigenvalue weighted by molar-refractivity contribution is 6.30. The van der Waals surface area contributed by atoms with Crippen molar-refractivity contribution in [2.45, 2.75) is 32.4 Å². The molecule has 0 radical (unpaired) electrons. The van der Waals surface area contributed by atoms with Crippen LogP contribution in [0.15, 0.2) is 60.9 Å². The summed E-state index contributed by atoms with van der Waals surface area (Å²) in [5.74, 6) is -0.403. The van der Waals surface area contributed by atoms with E-state index in [1.807, 2.05) is 12.1 Å². The third kappa shape index (κ3) is 5.84. The van der Waals surface area contributed by atoms with Gasteiger partial charge in [0.25, 0.3) is 5.91 Å². The lowest BCUT2D eigenvalue weighted by Gasteiger charge is -2.23. The monoisotopic (exact) mass is 426 g/mol. The van der Waals surface area contributed by atoms with Crippen molar-refractivity contribution in [2.75, 3.05) is 5.32 Å². The van der Waals surface area contributed by atoms with Crippen LogP contribution >= 0.6 is 11.6 Å². The average molecular weight is 427 g/mol. The number of anilines is 1. The van der Waals surface area contributed by atoms with Gasteiger partial charge in [-0.25, -0.2) is 4.79 Å². The molecule has 0 spiro atoms. The molecule has 8 heteroatoms. The summed E-state index contributed by atoms with van der Waals surface area (Å²) in [7, 11) is 0. The molecule has 2 aromatic carbocycles. The summed E-state index contributed by atoms with van der Waals surface area (Å²) >= 11 is 5.96. The summed E-state index contributed by atoms with van der Waals surface area (Å²) in [6.07, 6.45) is 2.82. The maximum Gasteiger partial charge on any atom is 0.408 e. The summed E-state index contributed by atoms with van der Waals surface area (Å²) in [5.41, 5.74) is 2.39. The third-order valence-electron chi connectivity index (χ3n) is 4.11. The van der Waals surface area contributed by atoms with Gasteiger partial charge >= 0.3 is 6.09 Å². The Morgan fingerprint density at radius 1 is 1.03 bits per heavy atom. The van der Waals surface area contributed by atoms with Gasteiger partial charge in [-0.1, -0.05) is 35.9 Å². The zero-order chi connectivity index (χ0) is 21.7. The van der Waals surface area contributed by atoms with E-state index < -0.39 is 23.6 Å². The van der Waals surface area contributed by atoms with Gasteiger partial charge in [-0.3, -0.25) is 9.89 Å². The van der Waals surface area contributed by atoms with Crippen LogP contribution in [0.2, 0.25) is 5.02 Å². The van der Waals surface area contributed by atoms with Crippen molar-refractivity contribution in [2.24, 2.45) is 0 Å². The Hall–Kier alpha value is -3.32. The minimum atomic E-state index is -0.953. The SMILES string of the molecule is CC(C)(C)OC(=O)NC(C(=O)Nc1ccc(-c2cn[nH]c2)cc1)c1ccc(Cl)cc1. The highest BCUT2D eigenvalue weighted by atomic mass is 35.5. The van der Waals surface area contributed by atoms with E-state index in [9.17, 15) is 9.59 Å². The van der Waals surface area contributed by atoms with Crippen LogP contribution in [0, 0.1) is 0 Å². The van der Waals surface area contributed by atoms with Crippen molar-refractivity contribution >= 4 is 29.3 Å². The molecular weight excluding hydrogens is 404 g/mol. The van der Waals surface area contributed by atoms with Crippen molar-refractivity contribution in [3.05, 3.63) is 71.5 Å². The molecule has 0 fully saturated rings. The van der Waals surface area contributed by atoms with Gasteiger partial charge in [0.05, 0.1) is 6.20 Å². The molecule has 1 heterocycles. The van der Waals surface area contributed by atoms with Gasteiger partial charge in [-0.05, 0) is 56.2 Å². The lowest BCUT2D eigenvalue weighted by Crippen LogP contribution is -2.40. The summed E-state index contributed by atoms with van der Waals surface area (Å²) < 4.78 is 5.31. The van der Waals surface area contributed by atoms with E-state index in [4.69, 9.17) is 16.3 Å². The molecule has 1 atom stereocenters. The number of aromatic nitrogens is 2. The number of nitrogens with zero attached hydrogens (tertiary/aromatic N) is 1. The molecule has 0 aliphatic carbocycles. The van der Waals surface area contributed by atoms with Crippen molar-refractivity contribution < 1.29 is 14.3 Å². The predicted octanol–water partition coefficient (Wildman–Crippen LogP) is 4.93. The van der Waals surface area contributed by atoms with Crippen molar-refractivity contribution in [1.29, 1.82) is 0 Å². The van der Waals surface area contributed by atoms with E-state index in [-0.39, 0.29) is 0 Å². The van der Waals surface area contributed by atoms with Gasteiger partial charge in [0, 0.05) is 22.5 Å². The fourth-order valence-corrected chi connectivity index (χ4v) is 2.88. The zero-order valence-electron chi connectivity index (χ0n) is 16.9. The summed E-state index contributed by atoms with van der Waals surface area (Å²) in [4.78, 5) is 25.3. The number of aromatic amines is 1. The standard InChI is InChI=1S/C22H23ClN4O3/c1-22(2,3)30-21(29)27-19(15-4-8-17(23)9-5-15)20(28)26-18-10-6-14(7-11-18)16-12-24-25-13-16/h4-13,19H,1-3H3,(H,24,25)(H,26,28)(H,27,29). The first-order valence-corrected chi connectivity index (χ1v) is 9.74. The maximum atomic E-state index is 13.0. The lowest BCUT2D eigenvalue weighted by atomic mass is 10.1. The maximum absolute atomic E-state index is 13.0. The Balaban J connectivity index is 1.77. The average Bonchev–Trinajstić information content (AvgIpc) is 3.21. The highest BCUT2D eigenvalue weighted by Gasteiger charge is 2.26. The number of ether oxygens (including phenoxy) is 1. The fourth-order valence-electron chi connectivity index (χ4n) is 2.75. The molecule has 3 rings (SSSR count). The molecule has 3 aromatic rings. The molecule has 7 nitrogen and oxygen atoms in total. The van der Waals surface area contributed by atoms with Gasteiger partial charge < -0.3 is 15.4 Å². The van der Waals surface area contributed by atoms with Crippen molar-refractivity contribution in [1.82, 2.24) is 15.5 Å². The van der Waals surface area contributed by atoms with Gasteiger partial charge in [-0.2, -0.15) is 5.10 Å². The number of hydrogen-bond acceptors (Lipinski definition) is 4. The number of benzene rings is 2. The van der Waals surface area contributed by atoms with Crippen molar-refractivity contribution in [3.63, 3.8) is 0 Å². The van der Waals surface area contributed by atoms with E-state index in [0.717, 1.165) is 11.1 Å². The molecule has 0 saturated heterocycles. The van der Waals surface area contributed by atoms with Gasteiger partial charge in [0.15, 0.2) is 0 Å². The highest BCUT2D eigenvalue weighted by Crippen LogP contribution is 2.23. The lowest BCUT2D eigenvalue weighted by molar-refractivity contribution is -0.118. The van der Waals surface area contributed by atoms with Crippen LogP contribution in [0.3, 0.4) is 0 Å². The van der Waals surface area contributed by atoms with Crippen LogP contribution in [0.1, 0.15) is 32.4 Å². The van der Waals surface area contributed by atoms with Crippen molar-refractivity contribution in [3.8, 4) is 11.1 Å². The molecule has 0 aliphatic rings. The molecule has 3 N–H and O–H groups in total. The predicted molar refractivity (Wildman–Crippen MR) is 116 cm³/mol. The molecule has 0 bridgehead atoms. The smallest absolute Gasteiger partial charge is 0.408 e. The number of carbonyl (C=O) groups excluding carboxylic acids is 2. The molecule has 30 heavy (non-hydrogen) atoms. The summed E-state index contributed by atoms with van der Waals surface area (Å²) in [6, 6.07) is 13.1. The largest absolute Gasteiger partial charge is 0.444 e. The van der Waals surface area contributed by atoms with Gasteiger partial charge in [0.2, 0.25) is 0 Å². The third-order valence-corrected chi connectivity index (χ3v) is 4.36. The first kappa shape index (κ1) is 21.4. The number of amides is 2. The number of H-pyrrole nitrogens is 1. The number of rotatable bonds is 5. The molecule has 156 valence electrons. The minimum absolute atomic E-state index is 0.403. The second-order valence-corrected chi connectivity index (χ2v) is 8.12. The zero-order valence-corrected chi connectivity index (χ0v) is 17.7. The first-order chi connectivity index (χ1) is 14.2. The molecular formula is C22H23ClN4O3. The van der Waals surface area contributed by atoms with Crippen LogP contribution in [-0.2, 0) is 9.53 Å². The molecule has 0 saturated carbocycles. The Labute approximate surface area is 179 Å². The van der Waals surface area contributed by atoms with Crippen LogP contribution in [0.5, 0.6) is 0 Å². The number of nitrogens with one attached hydrogen (secondary N) is 3. The molecule has 1 unspecified atom stereocenters. The number of alkyl carbamates (subject to hydrolysis) is 1. The Bertz CT molecular complexity index is 994. The number of halogens is 1. The van der Waals surface area contributed by atoms with E-state index in [0.29, 0.717) is 16.3 Å². The molecule has 0 aliphatic heterocycles. The Morgan fingerprint density at radius 3 is 2.27 bits per heavy atom. The molecule has 1 aromatic heterocycles. The topological polar surface area (TPSA) is 96.1 Å². The van der Waals surface area contributed by atoms with Gasteiger partial charge in [0.1, 0.15) is 11.6 Å². The van der Waals surface area contributed by atoms with Gasteiger partial charge in [-0.15, -0.1) is 0 Å².